The largest absolute Gasteiger partial charge is 0.494 e. The van der Waals surface area contributed by atoms with Crippen LogP contribution in [0.3, 0.4) is 0 Å². The van der Waals surface area contributed by atoms with Crippen molar-refractivity contribution in [1.82, 2.24) is 9.80 Å². The molecule has 1 heterocycles. The van der Waals surface area contributed by atoms with Crippen LogP contribution in [-0.2, 0) is 6.54 Å². The third-order valence-corrected chi connectivity index (χ3v) is 5.37. The number of rotatable bonds is 8. The first-order valence-corrected chi connectivity index (χ1v) is 10.1. The molecule has 26 heavy (non-hydrogen) atoms. The highest BCUT2D eigenvalue weighted by molar-refractivity contribution is 5.44. The summed E-state index contributed by atoms with van der Waals surface area (Å²) < 4.78 is 5.87. The van der Waals surface area contributed by atoms with Crippen LogP contribution in [-0.4, -0.2) is 61.8 Å². The Labute approximate surface area is 160 Å². The highest BCUT2D eigenvalue weighted by Gasteiger charge is 2.27. The molecule has 2 atom stereocenters. The molecule has 1 saturated heterocycles. The minimum atomic E-state index is 0.292. The van der Waals surface area contributed by atoms with Crippen LogP contribution in [0.25, 0.3) is 0 Å². The molecule has 0 spiro atoms. The van der Waals surface area contributed by atoms with Crippen molar-refractivity contribution in [3.05, 3.63) is 28.8 Å². The molecule has 0 aromatic heterocycles. The Bertz CT molecular complexity index is 572. The minimum absolute atomic E-state index is 0.292. The lowest BCUT2D eigenvalue weighted by atomic mass is 9.88. The average molecular weight is 363 g/mol. The first kappa shape index (κ1) is 21.2. The molecule has 4 heteroatoms. The number of hydrogen-bond donors (Lipinski definition) is 1. The maximum atomic E-state index is 9.74. The Hall–Kier alpha value is -1.10. The third kappa shape index (κ3) is 5.70. The van der Waals surface area contributed by atoms with E-state index >= 15 is 0 Å². The number of piperidine rings is 1. The molecule has 1 aliphatic rings. The van der Waals surface area contributed by atoms with Crippen LogP contribution >= 0.6 is 0 Å². The van der Waals surface area contributed by atoms with Gasteiger partial charge in [-0.1, -0.05) is 19.9 Å². The topological polar surface area (TPSA) is 35.9 Å². The number of hydrogen-bond acceptors (Lipinski definition) is 4. The van der Waals surface area contributed by atoms with E-state index in [2.05, 4.69) is 56.8 Å². The fourth-order valence-electron chi connectivity index (χ4n) is 4.22. The van der Waals surface area contributed by atoms with Gasteiger partial charge < -0.3 is 14.7 Å². The number of nitrogens with zero attached hydrogens (tertiary/aromatic N) is 2. The van der Waals surface area contributed by atoms with Gasteiger partial charge in [0.25, 0.3) is 0 Å². The lowest BCUT2D eigenvalue weighted by Crippen LogP contribution is -2.44. The molecule has 2 rings (SSSR count). The zero-order chi connectivity index (χ0) is 19.3. The van der Waals surface area contributed by atoms with E-state index < -0.39 is 0 Å². The second-order valence-electron chi connectivity index (χ2n) is 8.51. The van der Waals surface area contributed by atoms with Crippen molar-refractivity contribution < 1.29 is 9.84 Å². The lowest BCUT2D eigenvalue weighted by molar-refractivity contribution is 0.0691. The van der Waals surface area contributed by atoms with E-state index in [1.807, 2.05) is 6.92 Å². The molecular weight excluding hydrogens is 324 g/mol. The fraction of sp³-hybridized carbons (Fsp3) is 0.727. The fourth-order valence-corrected chi connectivity index (χ4v) is 4.22. The van der Waals surface area contributed by atoms with E-state index in [4.69, 9.17) is 4.74 Å². The van der Waals surface area contributed by atoms with E-state index in [9.17, 15) is 5.11 Å². The molecule has 0 unspecified atom stereocenters. The van der Waals surface area contributed by atoms with E-state index in [0.717, 1.165) is 38.3 Å². The predicted molar refractivity (Wildman–Crippen MR) is 109 cm³/mol. The molecule has 0 radical (unpaired) electrons. The zero-order valence-corrected chi connectivity index (χ0v) is 17.6. The summed E-state index contributed by atoms with van der Waals surface area (Å²) in [4.78, 5) is 4.80. The monoisotopic (exact) mass is 362 g/mol. The normalized spacial score (nSPS) is 21.6. The molecule has 148 valence electrons. The summed E-state index contributed by atoms with van der Waals surface area (Å²) in [7, 11) is 4.27. The van der Waals surface area contributed by atoms with E-state index in [-0.39, 0.29) is 0 Å². The summed E-state index contributed by atoms with van der Waals surface area (Å²) in [5.41, 5.74) is 3.99. The summed E-state index contributed by atoms with van der Waals surface area (Å²) in [6.45, 7) is 13.8. The molecule has 1 fully saturated rings. The Morgan fingerprint density at radius 3 is 2.50 bits per heavy atom. The quantitative estimate of drug-likeness (QED) is 0.768. The number of ether oxygens (including phenoxy) is 1. The SMILES string of the molecule is CCOc1cc(C)c(CN2C[C@@H](CN(C)C)C[C@H](CO)C2)cc1C(C)C. The standard InChI is InChI=1S/C22H38N2O2/c1-7-26-22-8-17(4)20(10-21(22)16(2)3)14-24-12-18(11-23(5)6)9-19(13-24)15-25/h8,10,16,18-19,25H,7,9,11-15H2,1-6H3/t18-,19+/m1/s1. The molecule has 1 aromatic rings. The number of aryl methyl sites for hydroxylation is 1. The van der Waals surface area contributed by atoms with E-state index in [1.54, 1.807) is 0 Å². The molecular formula is C22H38N2O2. The Morgan fingerprint density at radius 2 is 1.92 bits per heavy atom. The Kier molecular flexibility index (Phi) is 7.93. The van der Waals surface area contributed by atoms with Gasteiger partial charge in [-0.25, -0.2) is 0 Å². The van der Waals surface area contributed by atoms with Crippen molar-refractivity contribution in [1.29, 1.82) is 0 Å². The number of aliphatic hydroxyl groups is 1. The molecule has 1 aliphatic heterocycles. The van der Waals surface area contributed by atoms with Gasteiger partial charge in [0.15, 0.2) is 0 Å². The summed E-state index contributed by atoms with van der Waals surface area (Å²) >= 11 is 0. The summed E-state index contributed by atoms with van der Waals surface area (Å²) in [5.74, 6) is 2.50. The maximum absolute atomic E-state index is 9.74. The summed E-state index contributed by atoms with van der Waals surface area (Å²) in [6, 6.07) is 4.55. The van der Waals surface area contributed by atoms with E-state index in [0.29, 0.717) is 31.0 Å². The van der Waals surface area contributed by atoms with Crippen LogP contribution in [0.2, 0.25) is 0 Å². The van der Waals surface area contributed by atoms with Crippen molar-refractivity contribution in [3.63, 3.8) is 0 Å². The lowest BCUT2D eigenvalue weighted by Gasteiger charge is -2.38. The van der Waals surface area contributed by atoms with Crippen LogP contribution in [0.4, 0.5) is 0 Å². The smallest absolute Gasteiger partial charge is 0.123 e. The number of aliphatic hydroxyl groups excluding tert-OH is 1. The van der Waals surface area contributed by atoms with Gasteiger partial charge in [0.05, 0.1) is 6.61 Å². The van der Waals surface area contributed by atoms with Crippen molar-refractivity contribution >= 4 is 0 Å². The second kappa shape index (κ2) is 9.72. The molecule has 0 amide bonds. The van der Waals surface area contributed by atoms with Gasteiger partial charge in [0, 0.05) is 32.8 Å². The average Bonchev–Trinajstić information content (AvgIpc) is 2.56. The molecule has 0 bridgehead atoms. The van der Waals surface area contributed by atoms with Crippen molar-refractivity contribution in [2.45, 2.75) is 46.6 Å². The summed E-state index contributed by atoms with van der Waals surface area (Å²) in [5, 5.41) is 9.74. The predicted octanol–water partition coefficient (Wildman–Crippen LogP) is 3.51. The first-order chi connectivity index (χ1) is 12.3. The minimum Gasteiger partial charge on any atom is -0.494 e. The van der Waals surface area contributed by atoms with Crippen molar-refractivity contribution in [2.75, 3.05) is 46.9 Å². The van der Waals surface area contributed by atoms with Gasteiger partial charge >= 0.3 is 0 Å². The first-order valence-electron chi connectivity index (χ1n) is 10.1. The van der Waals surface area contributed by atoms with Crippen LogP contribution in [0.15, 0.2) is 12.1 Å². The Morgan fingerprint density at radius 1 is 1.23 bits per heavy atom. The number of likely N-dealkylation sites (tertiary alicyclic amines) is 1. The van der Waals surface area contributed by atoms with Crippen LogP contribution in [0.1, 0.15) is 49.8 Å². The molecule has 0 saturated carbocycles. The zero-order valence-electron chi connectivity index (χ0n) is 17.6. The van der Waals surface area contributed by atoms with Crippen LogP contribution < -0.4 is 4.74 Å². The summed E-state index contributed by atoms with van der Waals surface area (Å²) in [6.07, 6.45) is 1.13. The molecule has 1 aromatic carbocycles. The van der Waals surface area contributed by atoms with Gasteiger partial charge in [-0.15, -0.1) is 0 Å². The van der Waals surface area contributed by atoms with Gasteiger partial charge in [-0.3, -0.25) is 4.90 Å². The van der Waals surface area contributed by atoms with Gasteiger partial charge in [-0.2, -0.15) is 0 Å². The highest BCUT2D eigenvalue weighted by Crippen LogP contribution is 2.31. The van der Waals surface area contributed by atoms with Crippen LogP contribution in [0.5, 0.6) is 5.75 Å². The van der Waals surface area contributed by atoms with Crippen molar-refractivity contribution in [3.8, 4) is 5.75 Å². The number of benzene rings is 1. The molecule has 4 nitrogen and oxygen atoms in total. The van der Waals surface area contributed by atoms with Crippen molar-refractivity contribution in [2.24, 2.45) is 11.8 Å². The van der Waals surface area contributed by atoms with Gasteiger partial charge in [0.1, 0.15) is 5.75 Å². The highest BCUT2D eigenvalue weighted by atomic mass is 16.5. The van der Waals surface area contributed by atoms with E-state index in [1.165, 1.54) is 16.7 Å². The second-order valence-corrected chi connectivity index (χ2v) is 8.51. The molecule has 0 aliphatic carbocycles. The maximum Gasteiger partial charge on any atom is 0.123 e. The van der Waals surface area contributed by atoms with Crippen LogP contribution in [0, 0.1) is 18.8 Å². The van der Waals surface area contributed by atoms with Gasteiger partial charge in [0.2, 0.25) is 0 Å². The molecule has 1 N–H and O–H groups in total. The third-order valence-electron chi connectivity index (χ3n) is 5.37. The van der Waals surface area contributed by atoms with Gasteiger partial charge in [-0.05, 0) is 74.9 Å². The Balaban J connectivity index is 2.18.